The van der Waals surface area contributed by atoms with Gasteiger partial charge in [-0.25, -0.2) is 0 Å². The topological polar surface area (TPSA) is 107 Å². The maximum absolute atomic E-state index is 12.6. The van der Waals surface area contributed by atoms with Crippen molar-refractivity contribution in [2.24, 2.45) is 11.5 Å². The molecular weight excluding hydrogens is 318 g/mol. The summed E-state index contributed by atoms with van der Waals surface area (Å²) in [6, 6.07) is 14.6. The van der Waals surface area contributed by atoms with Crippen molar-refractivity contribution >= 4 is 11.8 Å². The van der Waals surface area contributed by atoms with Crippen LogP contribution in [0.5, 0.6) is 5.75 Å². The van der Waals surface area contributed by atoms with Crippen molar-refractivity contribution in [3.05, 3.63) is 65.2 Å². The number of carbonyl (C=O) groups excluding carboxylic acids is 2. The molecule has 2 aromatic rings. The van der Waals surface area contributed by atoms with Gasteiger partial charge in [0.2, 0.25) is 11.8 Å². The lowest BCUT2D eigenvalue weighted by molar-refractivity contribution is -0.133. The zero-order chi connectivity index (χ0) is 17.9. The molecule has 0 saturated heterocycles. The molecule has 0 aliphatic carbocycles. The molecule has 1 aliphatic heterocycles. The normalized spacial score (nSPS) is 18.8. The van der Waals surface area contributed by atoms with Crippen LogP contribution in [0.1, 0.15) is 23.1 Å². The summed E-state index contributed by atoms with van der Waals surface area (Å²) in [7, 11) is 0. The number of benzene rings is 2. The third-order valence-electron chi connectivity index (χ3n) is 4.48. The average Bonchev–Trinajstić information content (AvgIpc) is 2.62. The molecule has 2 amide bonds. The van der Waals surface area contributed by atoms with E-state index in [1.54, 1.807) is 18.2 Å². The highest BCUT2D eigenvalue weighted by atomic mass is 16.5. The Kier molecular flexibility index (Phi) is 4.72. The van der Waals surface area contributed by atoms with Crippen LogP contribution in [0.25, 0.3) is 0 Å². The van der Waals surface area contributed by atoms with Gasteiger partial charge in [-0.3, -0.25) is 9.59 Å². The maximum atomic E-state index is 12.6. The Balaban J connectivity index is 1.83. The molecule has 0 radical (unpaired) electrons. The number of rotatable bonds is 5. The fourth-order valence-electron chi connectivity index (χ4n) is 3.10. The SMILES string of the molecule is NCc1ccc(CC(=O)NC2(C(N)=O)CCOc3ccccc32)cc1. The van der Waals surface area contributed by atoms with E-state index in [0.717, 1.165) is 11.1 Å². The van der Waals surface area contributed by atoms with Crippen LogP contribution in [-0.4, -0.2) is 18.4 Å². The minimum atomic E-state index is -1.25. The van der Waals surface area contributed by atoms with E-state index in [-0.39, 0.29) is 12.3 Å². The second-order valence-electron chi connectivity index (χ2n) is 6.11. The lowest BCUT2D eigenvalue weighted by Crippen LogP contribution is -2.57. The largest absolute Gasteiger partial charge is 0.493 e. The molecule has 5 N–H and O–H groups in total. The number of amides is 2. The number of nitrogens with two attached hydrogens (primary N) is 2. The smallest absolute Gasteiger partial charge is 0.248 e. The van der Waals surface area contributed by atoms with E-state index in [4.69, 9.17) is 16.2 Å². The predicted octanol–water partition coefficient (Wildman–Crippen LogP) is 0.967. The summed E-state index contributed by atoms with van der Waals surface area (Å²) in [6.45, 7) is 0.763. The van der Waals surface area contributed by atoms with Crippen molar-refractivity contribution in [2.45, 2.75) is 24.9 Å². The fraction of sp³-hybridized carbons (Fsp3) is 0.263. The van der Waals surface area contributed by atoms with Gasteiger partial charge in [-0.05, 0) is 17.2 Å². The van der Waals surface area contributed by atoms with Gasteiger partial charge in [0.25, 0.3) is 0 Å². The van der Waals surface area contributed by atoms with Crippen molar-refractivity contribution in [3.63, 3.8) is 0 Å². The first kappa shape index (κ1) is 17.0. The van der Waals surface area contributed by atoms with E-state index in [9.17, 15) is 9.59 Å². The molecule has 0 saturated carbocycles. The van der Waals surface area contributed by atoms with E-state index in [0.29, 0.717) is 30.9 Å². The van der Waals surface area contributed by atoms with E-state index in [1.165, 1.54) is 0 Å². The molecule has 3 rings (SSSR count). The highest BCUT2D eigenvalue weighted by molar-refractivity contribution is 5.93. The molecule has 6 nitrogen and oxygen atoms in total. The van der Waals surface area contributed by atoms with Crippen molar-refractivity contribution in [3.8, 4) is 5.75 Å². The van der Waals surface area contributed by atoms with Crippen molar-refractivity contribution in [2.75, 3.05) is 6.61 Å². The molecule has 0 spiro atoms. The number of nitrogens with one attached hydrogen (secondary N) is 1. The molecule has 0 fully saturated rings. The first-order valence-corrected chi connectivity index (χ1v) is 8.16. The Morgan fingerprint density at radius 3 is 2.44 bits per heavy atom. The predicted molar refractivity (Wildman–Crippen MR) is 93.6 cm³/mol. The third-order valence-corrected chi connectivity index (χ3v) is 4.48. The Morgan fingerprint density at radius 1 is 1.08 bits per heavy atom. The van der Waals surface area contributed by atoms with Crippen LogP contribution in [0.4, 0.5) is 0 Å². The summed E-state index contributed by atoms with van der Waals surface area (Å²) in [6.07, 6.45) is 0.458. The summed E-state index contributed by atoms with van der Waals surface area (Å²) in [5.41, 5.74) is 12.4. The Hall–Kier alpha value is -2.86. The van der Waals surface area contributed by atoms with Gasteiger partial charge in [-0.15, -0.1) is 0 Å². The first-order chi connectivity index (χ1) is 12.0. The van der Waals surface area contributed by atoms with Crippen LogP contribution in [-0.2, 0) is 28.1 Å². The van der Waals surface area contributed by atoms with Gasteiger partial charge >= 0.3 is 0 Å². The molecule has 2 aromatic carbocycles. The van der Waals surface area contributed by atoms with Crippen LogP contribution in [0.15, 0.2) is 48.5 Å². The molecule has 1 aliphatic rings. The quantitative estimate of drug-likeness (QED) is 0.754. The van der Waals surface area contributed by atoms with Crippen LogP contribution in [0.2, 0.25) is 0 Å². The zero-order valence-electron chi connectivity index (χ0n) is 13.8. The fourth-order valence-corrected chi connectivity index (χ4v) is 3.10. The second kappa shape index (κ2) is 6.94. The molecule has 0 bridgehead atoms. The molecule has 1 atom stereocenters. The molecule has 1 unspecified atom stereocenters. The number of fused-ring (bicyclic) bond motifs is 1. The van der Waals surface area contributed by atoms with Gasteiger partial charge in [-0.1, -0.05) is 42.5 Å². The minimum absolute atomic E-state index is 0.156. The van der Waals surface area contributed by atoms with Gasteiger partial charge in [0.1, 0.15) is 5.75 Å². The van der Waals surface area contributed by atoms with Crippen LogP contribution < -0.4 is 21.5 Å². The molecule has 25 heavy (non-hydrogen) atoms. The lowest BCUT2D eigenvalue weighted by atomic mass is 9.83. The number of hydrogen-bond donors (Lipinski definition) is 3. The molecule has 1 heterocycles. The van der Waals surface area contributed by atoms with Gasteiger partial charge in [0.05, 0.1) is 13.0 Å². The highest BCUT2D eigenvalue weighted by Gasteiger charge is 2.44. The van der Waals surface area contributed by atoms with Gasteiger partial charge < -0.3 is 21.5 Å². The van der Waals surface area contributed by atoms with Crippen LogP contribution in [0.3, 0.4) is 0 Å². The first-order valence-electron chi connectivity index (χ1n) is 8.16. The van der Waals surface area contributed by atoms with Crippen molar-refractivity contribution in [1.82, 2.24) is 5.32 Å². The third kappa shape index (κ3) is 3.34. The molecule has 130 valence electrons. The number of ether oxygens (including phenoxy) is 1. The van der Waals surface area contributed by atoms with E-state index in [2.05, 4.69) is 5.32 Å². The summed E-state index contributed by atoms with van der Waals surface area (Å²) >= 11 is 0. The van der Waals surface area contributed by atoms with Crippen molar-refractivity contribution < 1.29 is 14.3 Å². The Labute approximate surface area is 146 Å². The van der Waals surface area contributed by atoms with E-state index in [1.807, 2.05) is 30.3 Å². The van der Waals surface area contributed by atoms with E-state index >= 15 is 0 Å². The van der Waals surface area contributed by atoms with Crippen molar-refractivity contribution in [1.29, 1.82) is 0 Å². The Morgan fingerprint density at radius 2 is 1.76 bits per heavy atom. The number of para-hydroxylation sites is 1. The number of carbonyl (C=O) groups is 2. The number of primary amides is 1. The highest BCUT2D eigenvalue weighted by Crippen LogP contribution is 2.36. The van der Waals surface area contributed by atoms with Gasteiger partial charge in [0, 0.05) is 18.5 Å². The molecular formula is C19H21N3O3. The molecule has 6 heteroatoms. The zero-order valence-corrected chi connectivity index (χ0v) is 13.8. The van der Waals surface area contributed by atoms with Crippen LogP contribution in [0, 0.1) is 0 Å². The molecule has 0 aromatic heterocycles. The monoisotopic (exact) mass is 339 g/mol. The standard InChI is InChI=1S/C19H21N3O3/c20-12-14-7-5-13(6-8-14)11-17(23)22-19(18(21)24)9-10-25-16-4-2-1-3-15(16)19/h1-8H,9-12,20H2,(H2,21,24)(H,22,23). The Bertz CT molecular complexity index is 789. The van der Waals surface area contributed by atoms with E-state index < -0.39 is 11.4 Å². The summed E-state index contributed by atoms with van der Waals surface area (Å²) < 4.78 is 5.58. The maximum Gasteiger partial charge on any atom is 0.248 e. The average molecular weight is 339 g/mol. The second-order valence-corrected chi connectivity index (χ2v) is 6.11. The lowest BCUT2D eigenvalue weighted by Gasteiger charge is -2.36. The van der Waals surface area contributed by atoms with Crippen LogP contribution >= 0.6 is 0 Å². The number of hydrogen-bond acceptors (Lipinski definition) is 4. The van der Waals surface area contributed by atoms with Gasteiger partial charge in [0.15, 0.2) is 5.54 Å². The summed E-state index contributed by atoms with van der Waals surface area (Å²) in [4.78, 5) is 24.8. The summed E-state index contributed by atoms with van der Waals surface area (Å²) in [5, 5.41) is 2.85. The summed E-state index contributed by atoms with van der Waals surface area (Å²) in [5.74, 6) is -0.286. The van der Waals surface area contributed by atoms with Gasteiger partial charge in [-0.2, -0.15) is 0 Å². The minimum Gasteiger partial charge on any atom is -0.493 e.